The molecule has 3 aliphatic heterocycles. The maximum atomic E-state index is 13.2. The van der Waals surface area contributed by atoms with Crippen LogP contribution in [-0.4, -0.2) is 68.7 Å². The summed E-state index contributed by atoms with van der Waals surface area (Å²) in [7, 11) is 1.56. The molecule has 0 spiro atoms. The van der Waals surface area contributed by atoms with Crippen LogP contribution in [0.4, 0.5) is 0 Å². The van der Waals surface area contributed by atoms with Gasteiger partial charge in [-0.05, 0) is 36.8 Å². The van der Waals surface area contributed by atoms with Crippen molar-refractivity contribution in [1.29, 1.82) is 0 Å². The third-order valence-corrected chi connectivity index (χ3v) is 8.78. The second-order valence-electron chi connectivity index (χ2n) is 8.53. The summed E-state index contributed by atoms with van der Waals surface area (Å²) in [5.41, 5.74) is 1.32. The number of nitrogens with zero attached hydrogens (tertiary/aromatic N) is 2. The van der Waals surface area contributed by atoms with Gasteiger partial charge in [0.05, 0.1) is 23.0 Å². The number of hydrogen-bond donors (Lipinski definition) is 0. The third kappa shape index (κ3) is 3.29. The second-order valence-corrected chi connectivity index (χ2v) is 10.4. The highest BCUT2D eigenvalue weighted by atomic mass is 35.5. The fourth-order valence-corrected chi connectivity index (χ4v) is 6.62. The highest BCUT2D eigenvalue weighted by Crippen LogP contribution is 2.53. The Balaban J connectivity index is 1.35. The van der Waals surface area contributed by atoms with Crippen molar-refractivity contribution in [2.24, 2.45) is 0 Å². The van der Waals surface area contributed by atoms with E-state index in [1.165, 1.54) is 16.7 Å². The summed E-state index contributed by atoms with van der Waals surface area (Å²) in [5.74, 6) is -1.29. The van der Waals surface area contributed by atoms with E-state index in [1.54, 1.807) is 62.6 Å². The molecule has 3 amide bonds. The Kier molecular flexibility index (Phi) is 5.56. The van der Waals surface area contributed by atoms with Gasteiger partial charge in [-0.25, -0.2) is 4.79 Å². The van der Waals surface area contributed by atoms with Crippen molar-refractivity contribution in [3.05, 3.63) is 65.2 Å². The summed E-state index contributed by atoms with van der Waals surface area (Å²) in [6.07, 6.45) is 0. The minimum absolute atomic E-state index is 0.0247. The minimum Gasteiger partial charge on any atom is -0.497 e. The van der Waals surface area contributed by atoms with E-state index in [0.717, 1.165) is 10.5 Å². The van der Waals surface area contributed by atoms with Crippen LogP contribution in [0, 0.1) is 0 Å². The number of imide groups is 1. The van der Waals surface area contributed by atoms with Crippen molar-refractivity contribution < 1.29 is 28.7 Å². The molecule has 0 saturated carbocycles. The van der Waals surface area contributed by atoms with Crippen molar-refractivity contribution in [1.82, 2.24) is 9.80 Å². The van der Waals surface area contributed by atoms with E-state index in [9.17, 15) is 19.2 Å². The molecule has 176 valence electrons. The first-order valence-corrected chi connectivity index (χ1v) is 12.0. The van der Waals surface area contributed by atoms with Crippen LogP contribution in [0.3, 0.4) is 0 Å². The Hall–Kier alpha value is -3.04. The number of ether oxygens (including phenoxy) is 2. The predicted molar refractivity (Wildman–Crippen MR) is 125 cm³/mol. The van der Waals surface area contributed by atoms with Gasteiger partial charge in [0.15, 0.2) is 0 Å². The highest BCUT2D eigenvalue weighted by molar-refractivity contribution is 8.01. The van der Waals surface area contributed by atoms with Crippen molar-refractivity contribution in [3.8, 4) is 5.75 Å². The zero-order valence-electron chi connectivity index (χ0n) is 18.4. The first kappa shape index (κ1) is 22.7. The van der Waals surface area contributed by atoms with Gasteiger partial charge in [-0.2, -0.15) is 0 Å². The van der Waals surface area contributed by atoms with Crippen molar-refractivity contribution in [3.63, 3.8) is 0 Å². The zero-order valence-corrected chi connectivity index (χ0v) is 20.0. The summed E-state index contributed by atoms with van der Waals surface area (Å²) < 4.78 is 9.83. The topological polar surface area (TPSA) is 93.2 Å². The van der Waals surface area contributed by atoms with Crippen molar-refractivity contribution >= 4 is 47.1 Å². The van der Waals surface area contributed by atoms with Crippen LogP contribution in [0.25, 0.3) is 0 Å². The van der Waals surface area contributed by atoms with E-state index in [0.29, 0.717) is 5.75 Å². The number of alkyl halides is 1. The summed E-state index contributed by atoms with van der Waals surface area (Å²) in [5, 5.41) is -0.572. The normalized spacial score (nSPS) is 27.4. The molecule has 0 aliphatic carbocycles. The predicted octanol–water partition coefficient (Wildman–Crippen LogP) is 2.68. The van der Waals surface area contributed by atoms with Crippen LogP contribution in [0.5, 0.6) is 5.75 Å². The standard InChI is InChI=1S/C24H21ClN2O6S/c1-24(12-25)18(23(31)33-11-13-7-9-14(32-2)10-8-13)27-21(30)17(22(27)34-24)26-19(28)15-5-3-4-6-16(15)20(26)29/h3-10,17-18,22H,11-12H2,1-2H3/t17-,18+,22-,24-/m1/s1. The molecule has 5 rings (SSSR count). The first-order valence-electron chi connectivity index (χ1n) is 10.6. The average Bonchev–Trinajstić information content (AvgIpc) is 3.28. The number of thioether (sulfide) groups is 1. The van der Waals surface area contributed by atoms with Gasteiger partial charge >= 0.3 is 5.97 Å². The van der Waals surface area contributed by atoms with Crippen LogP contribution in [0.1, 0.15) is 33.2 Å². The lowest BCUT2D eigenvalue weighted by Crippen LogP contribution is -2.71. The third-order valence-electron chi connectivity index (χ3n) is 6.43. The second kappa shape index (κ2) is 8.32. The van der Waals surface area contributed by atoms with Crippen LogP contribution in [-0.2, 0) is 20.9 Å². The molecule has 2 saturated heterocycles. The molecule has 2 aromatic rings. The minimum atomic E-state index is -0.987. The Morgan fingerprint density at radius 1 is 1.06 bits per heavy atom. The number of halogens is 1. The quantitative estimate of drug-likeness (QED) is 0.260. The number of carbonyl (C=O) groups is 4. The number of carbonyl (C=O) groups excluding carboxylic acids is 4. The SMILES string of the molecule is COc1ccc(COC(=O)[C@@H]2N3C(=O)[C@@H](N4C(=O)c5ccccc5C4=O)[C@H]3S[C@]2(C)CCl)cc1. The molecule has 8 nitrogen and oxygen atoms in total. The van der Waals surface area contributed by atoms with Gasteiger partial charge in [-0.15, -0.1) is 23.4 Å². The lowest BCUT2D eigenvalue weighted by Gasteiger charge is -2.46. The highest BCUT2D eigenvalue weighted by Gasteiger charge is 2.68. The molecule has 4 atom stereocenters. The molecular formula is C24H21ClN2O6S. The van der Waals surface area contributed by atoms with E-state index >= 15 is 0 Å². The maximum Gasteiger partial charge on any atom is 0.330 e. The molecule has 0 aromatic heterocycles. The number of amides is 3. The number of esters is 1. The van der Waals surface area contributed by atoms with Crippen molar-refractivity contribution in [2.75, 3.05) is 13.0 Å². The Bertz CT molecular complexity index is 1170. The Morgan fingerprint density at radius 2 is 1.68 bits per heavy atom. The number of benzene rings is 2. The monoisotopic (exact) mass is 500 g/mol. The van der Waals surface area contributed by atoms with E-state index in [1.807, 2.05) is 0 Å². The number of β-lactam (4-membered cyclic amide) rings is 1. The lowest BCUT2D eigenvalue weighted by molar-refractivity contribution is -0.166. The molecule has 2 aromatic carbocycles. The summed E-state index contributed by atoms with van der Waals surface area (Å²) >= 11 is 7.57. The van der Waals surface area contributed by atoms with E-state index in [2.05, 4.69) is 0 Å². The van der Waals surface area contributed by atoms with Gasteiger partial charge in [0.2, 0.25) is 0 Å². The molecule has 3 aliphatic rings. The molecule has 0 radical (unpaired) electrons. The van der Waals surface area contributed by atoms with Crippen LogP contribution >= 0.6 is 23.4 Å². The van der Waals surface area contributed by atoms with Gasteiger partial charge < -0.3 is 14.4 Å². The zero-order chi connectivity index (χ0) is 24.2. The molecule has 0 N–H and O–H groups in total. The van der Waals surface area contributed by atoms with Gasteiger partial charge in [0.25, 0.3) is 17.7 Å². The fourth-order valence-electron chi connectivity index (χ4n) is 4.62. The molecule has 2 fully saturated rings. The molecule has 34 heavy (non-hydrogen) atoms. The summed E-state index contributed by atoms with van der Waals surface area (Å²) in [4.78, 5) is 54.6. The lowest BCUT2D eigenvalue weighted by atomic mass is 9.95. The van der Waals surface area contributed by atoms with Gasteiger partial charge in [-0.1, -0.05) is 24.3 Å². The van der Waals surface area contributed by atoms with Crippen LogP contribution in [0.2, 0.25) is 0 Å². The smallest absolute Gasteiger partial charge is 0.330 e. The Morgan fingerprint density at radius 3 is 2.24 bits per heavy atom. The maximum absolute atomic E-state index is 13.2. The van der Waals surface area contributed by atoms with Gasteiger partial charge in [0, 0.05) is 5.88 Å². The number of rotatable bonds is 6. The Labute approximate surface area is 205 Å². The van der Waals surface area contributed by atoms with Gasteiger partial charge in [-0.3, -0.25) is 19.3 Å². The largest absolute Gasteiger partial charge is 0.497 e. The first-order chi connectivity index (χ1) is 16.3. The number of hydrogen-bond acceptors (Lipinski definition) is 7. The molecule has 10 heteroatoms. The van der Waals surface area contributed by atoms with Crippen molar-refractivity contribution in [2.45, 2.75) is 35.7 Å². The van der Waals surface area contributed by atoms with Crippen LogP contribution < -0.4 is 4.74 Å². The molecule has 0 unspecified atom stereocenters. The summed E-state index contributed by atoms with van der Waals surface area (Å²) in [6.45, 7) is 1.81. The molecule has 3 heterocycles. The fraction of sp³-hybridized carbons (Fsp3) is 0.333. The average molecular weight is 501 g/mol. The van der Waals surface area contributed by atoms with E-state index in [-0.39, 0.29) is 23.6 Å². The summed E-state index contributed by atoms with van der Waals surface area (Å²) in [6, 6.07) is 11.7. The van der Waals surface area contributed by atoms with E-state index < -0.39 is 45.9 Å². The van der Waals surface area contributed by atoms with E-state index in [4.69, 9.17) is 21.1 Å². The molecular weight excluding hydrogens is 480 g/mol. The molecule has 0 bridgehead atoms. The van der Waals surface area contributed by atoms with Crippen LogP contribution in [0.15, 0.2) is 48.5 Å². The van der Waals surface area contributed by atoms with Gasteiger partial charge in [0.1, 0.15) is 29.8 Å². The number of methoxy groups -OCH3 is 1. The number of fused-ring (bicyclic) bond motifs is 2.